The maximum absolute atomic E-state index is 11.2. The minimum atomic E-state index is -3.27. The second-order valence-electron chi connectivity index (χ2n) is 4.45. The number of carbonyl (C=O) groups is 1. The predicted molar refractivity (Wildman–Crippen MR) is 59.2 cm³/mol. The second kappa shape index (κ2) is 4.14. The van der Waals surface area contributed by atoms with Crippen LogP contribution in [0.1, 0.15) is 12.8 Å². The lowest BCUT2D eigenvalue weighted by Gasteiger charge is -2.10. The Kier molecular flexibility index (Phi) is 2.94. The van der Waals surface area contributed by atoms with Crippen molar-refractivity contribution in [2.75, 3.05) is 6.26 Å². The smallest absolute Gasteiger partial charge is 0.308 e. The summed E-state index contributed by atoms with van der Waals surface area (Å²) in [7, 11) is -3.27. The molecule has 0 aromatic carbocycles. The molecule has 1 heterocycles. The molecule has 0 saturated heterocycles. The Morgan fingerprint density at radius 3 is 2.71 bits per heavy atom. The monoisotopic (exact) mass is 258 g/mol. The highest BCUT2D eigenvalue weighted by Gasteiger charge is 2.36. The van der Waals surface area contributed by atoms with Gasteiger partial charge in [-0.2, -0.15) is 5.10 Å². The molecule has 1 saturated carbocycles. The van der Waals surface area contributed by atoms with Crippen LogP contribution in [0.15, 0.2) is 17.3 Å². The molecule has 6 nitrogen and oxygen atoms in total. The summed E-state index contributed by atoms with van der Waals surface area (Å²) in [5, 5.41) is 12.9. The van der Waals surface area contributed by atoms with Gasteiger partial charge in [-0.3, -0.25) is 9.48 Å². The van der Waals surface area contributed by atoms with Crippen LogP contribution in [0.2, 0.25) is 0 Å². The fourth-order valence-electron chi connectivity index (χ4n) is 1.76. The van der Waals surface area contributed by atoms with Crippen molar-refractivity contribution in [1.82, 2.24) is 9.78 Å². The van der Waals surface area contributed by atoms with Gasteiger partial charge in [-0.25, -0.2) is 8.42 Å². The maximum atomic E-state index is 11.2. The lowest BCUT2D eigenvalue weighted by Crippen LogP contribution is -2.22. The zero-order valence-electron chi connectivity index (χ0n) is 9.41. The molecule has 1 aromatic heterocycles. The summed E-state index contributed by atoms with van der Waals surface area (Å²) in [5.74, 6) is -1.11. The number of carboxylic acid groups (broad SMARTS) is 1. The molecule has 0 spiro atoms. The van der Waals surface area contributed by atoms with E-state index < -0.39 is 21.7 Å². The minimum Gasteiger partial charge on any atom is -0.481 e. The number of hydrogen-bond donors (Lipinski definition) is 1. The number of rotatable bonds is 5. The highest BCUT2D eigenvalue weighted by molar-refractivity contribution is 7.90. The van der Waals surface area contributed by atoms with Gasteiger partial charge in [0.05, 0.1) is 18.7 Å². The van der Waals surface area contributed by atoms with Gasteiger partial charge in [0.2, 0.25) is 0 Å². The molecule has 0 radical (unpaired) electrons. The van der Waals surface area contributed by atoms with E-state index in [0.717, 1.165) is 19.1 Å². The third-order valence-corrected chi connectivity index (χ3v) is 4.00. The van der Waals surface area contributed by atoms with Gasteiger partial charge in [-0.1, -0.05) is 0 Å². The van der Waals surface area contributed by atoms with Gasteiger partial charge in [0.1, 0.15) is 4.90 Å². The van der Waals surface area contributed by atoms with Crippen LogP contribution in [0.25, 0.3) is 0 Å². The summed E-state index contributed by atoms with van der Waals surface area (Å²) >= 11 is 0. The molecule has 1 aliphatic carbocycles. The van der Waals surface area contributed by atoms with Crippen LogP contribution < -0.4 is 0 Å². The van der Waals surface area contributed by atoms with Crippen molar-refractivity contribution in [2.45, 2.75) is 24.3 Å². The van der Waals surface area contributed by atoms with E-state index in [4.69, 9.17) is 5.11 Å². The number of hydrogen-bond acceptors (Lipinski definition) is 4. The SMILES string of the molecule is CS(=O)(=O)c1cnn(CC(C(=O)O)C2CC2)c1. The van der Waals surface area contributed by atoms with Crippen LogP contribution in [0.3, 0.4) is 0 Å². The molecule has 0 bridgehead atoms. The summed E-state index contributed by atoms with van der Waals surface area (Å²) in [6, 6.07) is 0. The predicted octanol–water partition coefficient (Wildman–Crippen LogP) is 0.397. The minimum absolute atomic E-state index is 0.123. The summed E-state index contributed by atoms with van der Waals surface area (Å²) < 4.78 is 23.9. The number of nitrogens with zero attached hydrogens (tertiary/aromatic N) is 2. The van der Waals surface area contributed by atoms with Gasteiger partial charge >= 0.3 is 5.97 Å². The molecule has 2 rings (SSSR count). The van der Waals surface area contributed by atoms with Gasteiger partial charge in [-0.05, 0) is 18.8 Å². The lowest BCUT2D eigenvalue weighted by molar-refractivity contribution is -0.143. The van der Waals surface area contributed by atoms with Crippen molar-refractivity contribution in [2.24, 2.45) is 11.8 Å². The summed E-state index contributed by atoms with van der Waals surface area (Å²) in [6.07, 6.45) is 5.59. The first-order chi connectivity index (χ1) is 7.88. The first-order valence-corrected chi connectivity index (χ1v) is 7.22. The van der Waals surface area contributed by atoms with Crippen molar-refractivity contribution in [1.29, 1.82) is 0 Å². The lowest BCUT2D eigenvalue weighted by atomic mass is 10.0. The first-order valence-electron chi connectivity index (χ1n) is 5.33. The van der Waals surface area contributed by atoms with Crippen molar-refractivity contribution in [3.63, 3.8) is 0 Å². The molecule has 17 heavy (non-hydrogen) atoms. The topological polar surface area (TPSA) is 89.3 Å². The molecule has 1 aromatic rings. The maximum Gasteiger partial charge on any atom is 0.308 e. The number of aliphatic carboxylic acids is 1. The molecule has 1 N–H and O–H groups in total. The molecule has 7 heteroatoms. The van der Waals surface area contributed by atoms with E-state index in [0.29, 0.717) is 0 Å². The third-order valence-electron chi connectivity index (χ3n) is 2.93. The Labute approximate surface area is 99.2 Å². The standard InChI is InChI=1S/C10H14N2O4S/c1-17(15,16)8-4-11-12(5-8)6-9(10(13)14)7-2-3-7/h4-5,7,9H,2-3,6H2,1H3,(H,13,14). The number of aromatic nitrogens is 2. The third kappa shape index (κ3) is 2.85. The van der Waals surface area contributed by atoms with E-state index in [1.54, 1.807) is 0 Å². The molecule has 0 aliphatic heterocycles. The zero-order valence-corrected chi connectivity index (χ0v) is 10.2. The van der Waals surface area contributed by atoms with Crippen LogP contribution in [0.5, 0.6) is 0 Å². The van der Waals surface area contributed by atoms with Gasteiger partial charge in [0.15, 0.2) is 9.84 Å². The van der Waals surface area contributed by atoms with Crippen LogP contribution in [0.4, 0.5) is 0 Å². The van der Waals surface area contributed by atoms with E-state index >= 15 is 0 Å². The van der Waals surface area contributed by atoms with Crippen LogP contribution in [0, 0.1) is 11.8 Å². The molecular weight excluding hydrogens is 244 g/mol. The Balaban J connectivity index is 2.13. The summed E-state index contributed by atoms with van der Waals surface area (Å²) in [5.41, 5.74) is 0. The fourth-order valence-corrected chi connectivity index (χ4v) is 2.32. The Hall–Kier alpha value is -1.37. The average molecular weight is 258 g/mol. The van der Waals surface area contributed by atoms with E-state index in [1.807, 2.05) is 0 Å². The normalized spacial score (nSPS) is 17.9. The van der Waals surface area contributed by atoms with Gasteiger partial charge in [0, 0.05) is 12.5 Å². The second-order valence-corrected chi connectivity index (χ2v) is 6.47. The molecule has 1 unspecified atom stereocenters. The van der Waals surface area contributed by atoms with Crippen LogP contribution in [-0.4, -0.2) is 35.5 Å². The highest BCUT2D eigenvalue weighted by atomic mass is 32.2. The van der Waals surface area contributed by atoms with Crippen molar-refractivity contribution >= 4 is 15.8 Å². The highest BCUT2D eigenvalue weighted by Crippen LogP contribution is 2.37. The van der Waals surface area contributed by atoms with Crippen LogP contribution in [-0.2, 0) is 21.2 Å². The summed E-state index contributed by atoms with van der Waals surface area (Å²) in [6.45, 7) is 0.232. The molecule has 0 amide bonds. The molecular formula is C10H14N2O4S. The first kappa shape index (κ1) is 12.1. The molecule has 1 atom stereocenters. The van der Waals surface area contributed by atoms with Crippen molar-refractivity contribution < 1.29 is 18.3 Å². The quantitative estimate of drug-likeness (QED) is 0.825. The van der Waals surface area contributed by atoms with Crippen molar-refractivity contribution in [3.05, 3.63) is 12.4 Å². The Bertz CT molecular complexity index is 530. The summed E-state index contributed by atoms with van der Waals surface area (Å²) in [4.78, 5) is 11.2. The Morgan fingerprint density at radius 2 is 2.29 bits per heavy atom. The zero-order chi connectivity index (χ0) is 12.6. The average Bonchev–Trinajstić information content (AvgIpc) is 2.91. The van der Waals surface area contributed by atoms with Gasteiger partial charge in [0.25, 0.3) is 0 Å². The van der Waals surface area contributed by atoms with Gasteiger partial charge in [-0.15, -0.1) is 0 Å². The van der Waals surface area contributed by atoms with E-state index in [-0.39, 0.29) is 17.4 Å². The largest absolute Gasteiger partial charge is 0.481 e. The van der Waals surface area contributed by atoms with E-state index in [2.05, 4.69) is 5.10 Å². The Morgan fingerprint density at radius 1 is 1.65 bits per heavy atom. The van der Waals surface area contributed by atoms with Gasteiger partial charge < -0.3 is 5.11 Å². The van der Waals surface area contributed by atoms with Crippen LogP contribution >= 0.6 is 0 Å². The van der Waals surface area contributed by atoms with E-state index in [1.165, 1.54) is 17.1 Å². The van der Waals surface area contributed by atoms with Crippen molar-refractivity contribution in [3.8, 4) is 0 Å². The molecule has 94 valence electrons. The van der Waals surface area contributed by atoms with E-state index in [9.17, 15) is 13.2 Å². The number of sulfone groups is 1. The fraction of sp³-hybridized carbons (Fsp3) is 0.600. The molecule has 1 fully saturated rings. The number of carboxylic acids is 1. The molecule has 1 aliphatic rings.